The van der Waals surface area contributed by atoms with E-state index in [1.165, 1.54) is 33.8 Å². The van der Waals surface area contributed by atoms with Crippen molar-refractivity contribution in [3.8, 4) is 0 Å². The Morgan fingerprint density at radius 2 is 0.700 bits per heavy atom. The minimum Gasteiger partial charge on any atom is -0.381 e. The highest BCUT2D eigenvalue weighted by atomic mass is 15.2. The largest absolute Gasteiger partial charge is 0.381 e. The first kappa shape index (κ1) is 31.5. The molecule has 40 heavy (non-hydrogen) atoms. The van der Waals surface area contributed by atoms with Gasteiger partial charge in [0.1, 0.15) is 0 Å². The van der Waals surface area contributed by atoms with Crippen molar-refractivity contribution in [3.63, 3.8) is 0 Å². The Bertz CT molecular complexity index is 1020. The molecule has 3 atom stereocenters. The average molecular weight is 543 g/mol. The van der Waals surface area contributed by atoms with Crippen LogP contribution >= 0.6 is 0 Å². The van der Waals surface area contributed by atoms with Crippen LogP contribution in [0.1, 0.15) is 58.2 Å². The van der Waals surface area contributed by atoms with Crippen LogP contribution in [-0.4, -0.2) is 42.7 Å². The number of hydrogen-bond acceptors (Lipinski definition) is 4. The molecular formula is C36H54N4. The van der Waals surface area contributed by atoms with E-state index in [0.29, 0.717) is 35.9 Å². The van der Waals surface area contributed by atoms with Gasteiger partial charge in [0, 0.05) is 54.8 Å². The van der Waals surface area contributed by atoms with Crippen molar-refractivity contribution in [1.29, 1.82) is 0 Å². The van der Waals surface area contributed by atoms with Crippen molar-refractivity contribution in [2.75, 3.05) is 35.6 Å². The molecule has 218 valence electrons. The van der Waals surface area contributed by atoms with Crippen molar-refractivity contribution in [1.82, 2.24) is 4.90 Å². The summed E-state index contributed by atoms with van der Waals surface area (Å²) in [5.41, 5.74) is 7.58. The van der Waals surface area contributed by atoms with Crippen LogP contribution in [0.3, 0.4) is 0 Å². The van der Waals surface area contributed by atoms with Gasteiger partial charge in [0.05, 0.1) is 0 Å². The molecule has 0 aromatic heterocycles. The number of anilines is 3. The molecule has 0 bridgehead atoms. The Labute approximate surface area is 245 Å². The summed E-state index contributed by atoms with van der Waals surface area (Å²) in [6, 6.07) is 27.0. The van der Waals surface area contributed by atoms with E-state index in [-0.39, 0.29) is 0 Å². The Hall–Kier alpha value is -2.98. The third-order valence-electron chi connectivity index (χ3n) is 8.24. The second kappa shape index (κ2) is 15.1. The molecule has 0 saturated carbocycles. The first-order chi connectivity index (χ1) is 19.0. The zero-order valence-electron chi connectivity index (χ0n) is 26.5. The summed E-state index contributed by atoms with van der Waals surface area (Å²) >= 11 is 0. The molecule has 4 heteroatoms. The van der Waals surface area contributed by atoms with Crippen LogP contribution in [-0.2, 0) is 0 Å². The van der Waals surface area contributed by atoms with E-state index >= 15 is 0 Å². The van der Waals surface area contributed by atoms with Crippen molar-refractivity contribution >= 4 is 17.1 Å². The summed E-state index contributed by atoms with van der Waals surface area (Å²) in [6.45, 7) is 23.5. The normalized spacial score (nSPS) is 14.0. The summed E-state index contributed by atoms with van der Waals surface area (Å²) < 4.78 is 0. The highest BCUT2D eigenvalue weighted by Crippen LogP contribution is 2.23. The third kappa shape index (κ3) is 9.30. The predicted molar refractivity (Wildman–Crippen MR) is 177 cm³/mol. The lowest BCUT2D eigenvalue weighted by Gasteiger charge is -2.38. The quantitative estimate of drug-likeness (QED) is 0.180. The minimum absolute atomic E-state index is 0.332. The average Bonchev–Trinajstić information content (AvgIpc) is 2.90. The molecule has 0 amide bonds. The van der Waals surface area contributed by atoms with Gasteiger partial charge in [-0.3, -0.25) is 4.90 Å². The fourth-order valence-electron chi connectivity index (χ4n) is 5.13. The zero-order chi connectivity index (χ0) is 29.2. The highest BCUT2D eigenvalue weighted by Gasteiger charge is 2.26. The molecule has 0 fully saturated rings. The fraction of sp³-hybridized carbons (Fsp3) is 0.500. The number of nitrogens with zero attached hydrogens (tertiary/aromatic N) is 1. The van der Waals surface area contributed by atoms with Gasteiger partial charge in [-0.05, 0) is 73.4 Å². The van der Waals surface area contributed by atoms with Gasteiger partial charge in [-0.25, -0.2) is 0 Å². The molecule has 3 rings (SSSR count). The van der Waals surface area contributed by atoms with Gasteiger partial charge in [0.25, 0.3) is 0 Å². The van der Waals surface area contributed by atoms with E-state index in [1.807, 2.05) is 0 Å². The van der Waals surface area contributed by atoms with E-state index in [0.717, 1.165) is 19.6 Å². The molecule has 0 aliphatic heterocycles. The van der Waals surface area contributed by atoms with Crippen LogP contribution < -0.4 is 16.0 Å². The maximum absolute atomic E-state index is 3.92. The zero-order valence-corrected chi connectivity index (χ0v) is 26.5. The molecule has 3 N–H and O–H groups in total. The van der Waals surface area contributed by atoms with Gasteiger partial charge in [-0.15, -0.1) is 0 Å². The van der Waals surface area contributed by atoms with Crippen LogP contribution in [0.5, 0.6) is 0 Å². The number of hydrogen-bond donors (Lipinski definition) is 3. The Kier molecular flexibility index (Phi) is 11.9. The van der Waals surface area contributed by atoms with Gasteiger partial charge in [0.15, 0.2) is 0 Å². The lowest BCUT2D eigenvalue weighted by Crippen LogP contribution is -2.50. The second-order valence-corrected chi connectivity index (χ2v) is 12.6. The molecular weight excluding hydrogens is 488 g/mol. The van der Waals surface area contributed by atoms with E-state index in [9.17, 15) is 0 Å². The summed E-state index contributed by atoms with van der Waals surface area (Å²) in [6.07, 6.45) is 0. The lowest BCUT2D eigenvalue weighted by molar-refractivity contribution is 0.204. The molecule has 3 aromatic carbocycles. The molecule has 0 spiro atoms. The molecule has 0 saturated heterocycles. The van der Waals surface area contributed by atoms with E-state index in [1.54, 1.807) is 0 Å². The Morgan fingerprint density at radius 3 is 0.925 bits per heavy atom. The summed E-state index contributed by atoms with van der Waals surface area (Å²) in [5, 5.41) is 11.8. The summed E-state index contributed by atoms with van der Waals surface area (Å²) in [7, 11) is 0. The van der Waals surface area contributed by atoms with Gasteiger partial charge in [-0.2, -0.15) is 0 Å². The van der Waals surface area contributed by atoms with Gasteiger partial charge in [0.2, 0.25) is 0 Å². The maximum atomic E-state index is 3.92. The van der Waals surface area contributed by atoms with Gasteiger partial charge < -0.3 is 16.0 Å². The topological polar surface area (TPSA) is 39.3 Å². The first-order valence-electron chi connectivity index (χ1n) is 15.2. The summed E-state index contributed by atoms with van der Waals surface area (Å²) in [4.78, 5) is 2.70. The van der Waals surface area contributed by atoms with Crippen molar-refractivity contribution in [2.24, 2.45) is 17.8 Å². The third-order valence-corrected chi connectivity index (χ3v) is 8.24. The lowest BCUT2D eigenvalue weighted by atomic mass is 9.97. The van der Waals surface area contributed by atoms with Gasteiger partial charge >= 0.3 is 0 Å². The van der Waals surface area contributed by atoms with E-state index in [4.69, 9.17) is 0 Å². The molecule has 0 aliphatic rings. The van der Waals surface area contributed by atoms with Gasteiger partial charge in [-0.1, -0.05) is 96.1 Å². The summed E-state index contributed by atoms with van der Waals surface area (Å²) in [5.74, 6) is 1.47. The van der Waals surface area contributed by atoms with Crippen molar-refractivity contribution < 1.29 is 0 Å². The number of aryl methyl sites for hydroxylation is 3. The SMILES string of the molecule is Cc1ccccc1N[C@H](CN(C[C@@H](Nc1ccccc1C)C(C)C)C[C@@H](Nc1ccccc1C)C(C)C)C(C)C. The number of para-hydroxylation sites is 3. The van der Waals surface area contributed by atoms with Crippen molar-refractivity contribution in [2.45, 2.75) is 80.4 Å². The van der Waals surface area contributed by atoms with Crippen LogP contribution in [0.4, 0.5) is 17.1 Å². The fourth-order valence-corrected chi connectivity index (χ4v) is 5.13. The Morgan fingerprint density at radius 1 is 0.450 bits per heavy atom. The molecule has 0 aliphatic carbocycles. The monoisotopic (exact) mass is 542 g/mol. The molecule has 4 nitrogen and oxygen atoms in total. The van der Waals surface area contributed by atoms with Crippen LogP contribution in [0.2, 0.25) is 0 Å². The highest BCUT2D eigenvalue weighted by molar-refractivity contribution is 5.53. The van der Waals surface area contributed by atoms with Crippen molar-refractivity contribution in [3.05, 3.63) is 89.5 Å². The van der Waals surface area contributed by atoms with E-state index < -0.39 is 0 Å². The molecule has 0 heterocycles. The maximum Gasteiger partial charge on any atom is 0.0411 e. The Balaban J connectivity index is 1.89. The predicted octanol–water partition coefficient (Wildman–Crippen LogP) is 8.62. The minimum atomic E-state index is 0.332. The smallest absolute Gasteiger partial charge is 0.0411 e. The van der Waals surface area contributed by atoms with Crippen LogP contribution in [0.15, 0.2) is 72.8 Å². The number of nitrogens with one attached hydrogen (secondary N) is 3. The first-order valence-corrected chi connectivity index (χ1v) is 15.2. The molecule has 3 aromatic rings. The van der Waals surface area contributed by atoms with Crippen LogP contribution in [0, 0.1) is 38.5 Å². The van der Waals surface area contributed by atoms with E-state index in [2.05, 4.69) is 156 Å². The molecule has 0 radical (unpaired) electrons. The number of rotatable bonds is 15. The standard InChI is InChI=1S/C36H54N4/c1-25(2)34(37-31-19-13-10-16-28(31)7)22-40(23-35(26(3)4)38-32-20-14-11-17-29(32)8)24-36(27(5)6)39-33-21-15-12-18-30(33)9/h10-21,25-27,34-39H,22-24H2,1-9H3/t34-,35-,36-/m1/s1. The number of benzene rings is 3. The second-order valence-electron chi connectivity index (χ2n) is 12.6. The van der Waals surface area contributed by atoms with Crippen LogP contribution in [0.25, 0.3) is 0 Å². The molecule has 0 unspecified atom stereocenters.